The number of carbonyl (C=O) groups excluding carboxylic acids is 3. The minimum Gasteiger partial charge on any atom is -0.462 e. The summed E-state index contributed by atoms with van der Waals surface area (Å²) in [6.45, 7) is 6.53. The van der Waals surface area contributed by atoms with Crippen molar-refractivity contribution in [3.05, 3.63) is 72.9 Å². The number of ether oxygens (including phenoxy) is 3. The number of carbonyl (C=O) groups is 3. The molecule has 0 aliphatic carbocycles. The minimum atomic E-state index is -0.804. The molecule has 0 bridgehead atoms. The van der Waals surface area contributed by atoms with Gasteiger partial charge in [0.05, 0.1) is 0 Å². The van der Waals surface area contributed by atoms with Crippen molar-refractivity contribution in [1.29, 1.82) is 0 Å². The number of unbranched alkanes of at least 4 members (excludes halogenated alkanes) is 41. The van der Waals surface area contributed by atoms with Gasteiger partial charge < -0.3 is 14.2 Å². The molecule has 0 saturated carbocycles. The van der Waals surface area contributed by atoms with E-state index in [1.54, 1.807) is 0 Å². The van der Waals surface area contributed by atoms with Gasteiger partial charge in [-0.15, -0.1) is 0 Å². The van der Waals surface area contributed by atoms with E-state index in [0.29, 0.717) is 19.3 Å². The van der Waals surface area contributed by atoms with Gasteiger partial charge in [-0.05, 0) is 83.5 Å². The van der Waals surface area contributed by atoms with Gasteiger partial charge in [-0.3, -0.25) is 14.4 Å². The van der Waals surface area contributed by atoms with Crippen LogP contribution in [-0.4, -0.2) is 37.2 Å². The molecule has 80 heavy (non-hydrogen) atoms. The Balaban J connectivity index is 4.22. The molecule has 0 aromatic carbocycles. The second kappa shape index (κ2) is 68.3. The molecule has 0 aliphatic rings. The highest BCUT2D eigenvalue weighted by Crippen LogP contribution is 2.18. The lowest BCUT2D eigenvalue weighted by molar-refractivity contribution is -0.167. The Morgan fingerprint density at radius 2 is 0.500 bits per heavy atom. The molecular weight excluding hydrogens is 985 g/mol. The van der Waals surface area contributed by atoms with E-state index in [4.69, 9.17) is 14.2 Å². The topological polar surface area (TPSA) is 78.9 Å². The van der Waals surface area contributed by atoms with Crippen LogP contribution in [0.4, 0.5) is 0 Å². The van der Waals surface area contributed by atoms with Crippen LogP contribution in [0.1, 0.15) is 361 Å². The first-order valence-corrected chi connectivity index (χ1v) is 34.9. The summed E-state index contributed by atoms with van der Waals surface area (Å²) in [6, 6.07) is 0. The summed E-state index contributed by atoms with van der Waals surface area (Å²) in [6.07, 6.45) is 89.5. The summed E-state index contributed by atoms with van der Waals surface area (Å²) < 4.78 is 16.9. The normalized spacial score (nSPS) is 12.5. The summed E-state index contributed by atoms with van der Waals surface area (Å²) in [5, 5.41) is 0. The SMILES string of the molecule is CC/C=C\C/C=C\C/C=C\C/C=C\C/C=C\CCCC(=O)OC(COC(=O)CCCCCCCCCCCCCCCC)COC(=O)CCCCCCCCCCCCCCCCCCCCC/C=C\CCCCCCCCCC. The fraction of sp³-hybridized carbons (Fsp3) is 0.797. The third-order valence-electron chi connectivity index (χ3n) is 15.4. The maximum atomic E-state index is 12.9. The standard InChI is InChI=1S/C74H132O6/c1-4-7-10-13-16-19-22-25-28-30-31-32-33-34-35-36-37-38-39-40-41-42-43-45-46-49-52-55-58-61-64-67-73(76)79-70-71(69-78-72(75)66-63-60-57-54-51-48-27-24-21-18-15-12-9-6-3)80-74(77)68-65-62-59-56-53-50-47-44-29-26-23-20-17-14-11-8-5-2/h8,11,17,20,26,29-31,47,50,56,59,71H,4-7,9-10,12-16,18-19,21-25,27-28,32-46,48-49,51-55,57-58,60-70H2,1-3H3/b11-8-,20-17-,29-26-,31-30-,50-47-,59-56-. The molecule has 0 aromatic heterocycles. The highest BCUT2D eigenvalue weighted by Gasteiger charge is 2.19. The molecule has 464 valence electrons. The smallest absolute Gasteiger partial charge is 0.306 e. The number of rotatable bonds is 64. The Hall–Kier alpha value is -3.15. The van der Waals surface area contributed by atoms with Crippen LogP contribution >= 0.6 is 0 Å². The van der Waals surface area contributed by atoms with E-state index < -0.39 is 6.10 Å². The molecule has 0 amide bonds. The number of hydrogen-bond donors (Lipinski definition) is 0. The number of hydrogen-bond acceptors (Lipinski definition) is 6. The summed E-state index contributed by atoms with van der Waals surface area (Å²) in [4.78, 5) is 38.3. The van der Waals surface area contributed by atoms with Gasteiger partial charge in [0.1, 0.15) is 13.2 Å². The van der Waals surface area contributed by atoms with E-state index in [-0.39, 0.29) is 37.5 Å². The van der Waals surface area contributed by atoms with E-state index in [9.17, 15) is 14.4 Å². The molecule has 0 spiro atoms. The van der Waals surface area contributed by atoms with Crippen molar-refractivity contribution in [3.63, 3.8) is 0 Å². The first-order valence-electron chi connectivity index (χ1n) is 34.9. The lowest BCUT2D eigenvalue weighted by Crippen LogP contribution is -2.30. The molecule has 0 radical (unpaired) electrons. The summed E-state index contributed by atoms with van der Waals surface area (Å²) in [7, 11) is 0. The minimum absolute atomic E-state index is 0.0937. The van der Waals surface area contributed by atoms with E-state index in [2.05, 4.69) is 93.7 Å². The van der Waals surface area contributed by atoms with Gasteiger partial charge in [0, 0.05) is 19.3 Å². The first-order chi connectivity index (χ1) is 39.5. The van der Waals surface area contributed by atoms with E-state index in [0.717, 1.165) is 77.0 Å². The average molecular weight is 1120 g/mol. The van der Waals surface area contributed by atoms with Gasteiger partial charge in [-0.25, -0.2) is 0 Å². The van der Waals surface area contributed by atoms with Gasteiger partial charge in [-0.2, -0.15) is 0 Å². The summed E-state index contributed by atoms with van der Waals surface area (Å²) >= 11 is 0. The Bertz CT molecular complexity index is 1470. The zero-order chi connectivity index (χ0) is 57.8. The van der Waals surface area contributed by atoms with E-state index in [1.807, 2.05) is 0 Å². The lowest BCUT2D eigenvalue weighted by Gasteiger charge is -2.18. The molecule has 0 heterocycles. The molecule has 0 N–H and O–H groups in total. The Morgan fingerprint density at radius 1 is 0.263 bits per heavy atom. The van der Waals surface area contributed by atoms with Crippen molar-refractivity contribution >= 4 is 17.9 Å². The van der Waals surface area contributed by atoms with Crippen LogP contribution in [0.15, 0.2) is 72.9 Å². The fourth-order valence-electron chi connectivity index (χ4n) is 10.2. The van der Waals surface area contributed by atoms with Crippen LogP contribution in [0.2, 0.25) is 0 Å². The zero-order valence-corrected chi connectivity index (χ0v) is 53.3. The monoisotopic (exact) mass is 1120 g/mol. The van der Waals surface area contributed by atoms with Gasteiger partial charge >= 0.3 is 17.9 Å². The second-order valence-electron chi connectivity index (χ2n) is 23.4. The largest absolute Gasteiger partial charge is 0.462 e. The van der Waals surface area contributed by atoms with Crippen molar-refractivity contribution in [3.8, 4) is 0 Å². The predicted octanol–water partition coefficient (Wildman–Crippen LogP) is 24.1. The predicted molar refractivity (Wildman–Crippen MR) is 348 cm³/mol. The van der Waals surface area contributed by atoms with Crippen molar-refractivity contribution in [2.75, 3.05) is 13.2 Å². The fourth-order valence-corrected chi connectivity index (χ4v) is 10.2. The molecule has 0 saturated heterocycles. The van der Waals surface area contributed by atoms with Crippen molar-refractivity contribution in [2.24, 2.45) is 0 Å². The van der Waals surface area contributed by atoms with Crippen molar-refractivity contribution in [2.45, 2.75) is 367 Å². The average Bonchev–Trinajstić information content (AvgIpc) is 3.46. The van der Waals surface area contributed by atoms with Gasteiger partial charge in [0.15, 0.2) is 6.10 Å². The van der Waals surface area contributed by atoms with Gasteiger partial charge in [0.25, 0.3) is 0 Å². The molecule has 0 aliphatic heterocycles. The highest BCUT2D eigenvalue weighted by molar-refractivity contribution is 5.71. The zero-order valence-electron chi connectivity index (χ0n) is 53.3. The summed E-state index contributed by atoms with van der Waals surface area (Å²) in [5.74, 6) is -0.933. The quantitative estimate of drug-likeness (QED) is 0.0261. The molecule has 1 unspecified atom stereocenters. The first kappa shape index (κ1) is 76.9. The number of allylic oxidation sites excluding steroid dienone is 12. The van der Waals surface area contributed by atoms with E-state index >= 15 is 0 Å². The molecule has 0 fully saturated rings. The van der Waals surface area contributed by atoms with Crippen LogP contribution in [0, 0.1) is 0 Å². The number of esters is 3. The van der Waals surface area contributed by atoms with Crippen molar-refractivity contribution < 1.29 is 28.6 Å². The Morgan fingerprint density at radius 3 is 0.812 bits per heavy atom. The van der Waals surface area contributed by atoms with Gasteiger partial charge in [-0.1, -0.05) is 331 Å². The van der Waals surface area contributed by atoms with Crippen LogP contribution in [-0.2, 0) is 28.6 Å². The summed E-state index contributed by atoms with van der Waals surface area (Å²) in [5.41, 5.74) is 0. The van der Waals surface area contributed by atoms with Crippen molar-refractivity contribution in [1.82, 2.24) is 0 Å². The molecule has 0 rings (SSSR count). The van der Waals surface area contributed by atoms with E-state index in [1.165, 1.54) is 238 Å². The van der Waals surface area contributed by atoms with Crippen LogP contribution in [0.3, 0.4) is 0 Å². The Kier molecular flexibility index (Phi) is 65.7. The second-order valence-corrected chi connectivity index (χ2v) is 23.4. The third-order valence-corrected chi connectivity index (χ3v) is 15.4. The molecule has 6 heteroatoms. The molecule has 6 nitrogen and oxygen atoms in total. The van der Waals surface area contributed by atoms with Gasteiger partial charge in [0.2, 0.25) is 0 Å². The molecular formula is C74H132O6. The highest BCUT2D eigenvalue weighted by atomic mass is 16.6. The third kappa shape index (κ3) is 65.7. The van der Waals surface area contributed by atoms with Crippen LogP contribution in [0.25, 0.3) is 0 Å². The Labute approximate surface area is 497 Å². The molecule has 1 atom stereocenters. The molecule has 0 aromatic rings. The lowest BCUT2D eigenvalue weighted by atomic mass is 10.0. The van der Waals surface area contributed by atoms with Crippen LogP contribution < -0.4 is 0 Å². The maximum absolute atomic E-state index is 12.9. The van der Waals surface area contributed by atoms with Crippen LogP contribution in [0.5, 0.6) is 0 Å². The maximum Gasteiger partial charge on any atom is 0.306 e.